The first-order valence-corrected chi connectivity index (χ1v) is 12.6. The van der Waals surface area contributed by atoms with Crippen LogP contribution in [-0.4, -0.2) is 35.6 Å². The van der Waals surface area contributed by atoms with Gasteiger partial charge in [0, 0.05) is 23.5 Å². The lowest BCUT2D eigenvalue weighted by molar-refractivity contribution is -0.148. The fourth-order valence-corrected chi connectivity index (χ4v) is 5.79. The van der Waals surface area contributed by atoms with Gasteiger partial charge in [-0.3, -0.25) is 4.79 Å². The Morgan fingerprint density at radius 3 is 2.66 bits per heavy atom. The summed E-state index contributed by atoms with van der Waals surface area (Å²) in [6.07, 6.45) is 2.66. The highest BCUT2D eigenvalue weighted by atomic mass is 35.5. The van der Waals surface area contributed by atoms with E-state index in [1.165, 1.54) is 21.6 Å². The molecule has 170 valence electrons. The molecule has 0 saturated carbocycles. The highest BCUT2D eigenvalue weighted by Gasteiger charge is 2.30. The topological polar surface area (TPSA) is 55.3 Å². The second kappa shape index (κ2) is 9.75. The average Bonchev–Trinajstić information content (AvgIpc) is 3.17. The van der Waals surface area contributed by atoms with Crippen molar-refractivity contribution in [3.8, 4) is 11.1 Å². The van der Waals surface area contributed by atoms with Crippen molar-refractivity contribution in [3.05, 3.63) is 40.0 Å². The summed E-state index contributed by atoms with van der Waals surface area (Å²) >= 11 is 8.05. The second-order valence-corrected chi connectivity index (χ2v) is 9.99. The number of carbonyl (C=O) groups excluding carboxylic acids is 1. The molecule has 5 nitrogen and oxygen atoms in total. The zero-order valence-corrected chi connectivity index (χ0v) is 20.7. The molecular weight excluding hydrogens is 442 g/mol. The van der Waals surface area contributed by atoms with Gasteiger partial charge < -0.3 is 9.64 Å². The van der Waals surface area contributed by atoms with Gasteiger partial charge in [-0.05, 0) is 54.8 Å². The first-order valence-electron chi connectivity index (χ1n) is 11.4. The van der Waals surface area contributed by atoms with Gasteiger partial charge in [-0.1, -0.05) is 45.0 Å². The van der Waals surface area contributed by atoms with E-state index in [4.69, 9.17) is 16.3 Å². The summed E-state index contributed by atoms with van der Waals surface area (Å²) in [7, 11) is 0. The van der Waals surface area contributed by atoms with Crippen LogP contribution in [0.2, 0.25) is 5.28 Å². The third-order valence-electron chi connectivity index (χ3n) is 6.11. The molecule has 32 heavy (non-hydrogen) atoms. The molecule has 1 aliphatic heterocycles. The lowest BCUT2D eigenvalue weighted by atomic mass is 9.95. The van der Waals surface area contributed by atoms with Crippen molar-refractivity contribution in [1.82, 2.24) is 9.97 Å². The van der Waals surface area contributed by atoms with Crippen LogP contribution in [0.4, 0.5) is 5.82 Å². The van der Waals surface area contributed by atoms with Crippen molar-refractivity contribution in [3.63, 3.8) is 0 Å². The number of aryl methyl sites for hydroxylation is 1. The fourth-order valence-electron chi connectivity index (χ4n) is 4.44. The number of thiophene rings is 1. The Bertz CT molecular complexity index is 1110. The SMILES string of the molecule is CCOC(=O)C1CCCN(c2nc(Cl)nc3sc(CC)c(-c4ccc(C(C)C)cc4)c23)C1. The number of fused-ring (bicyclic) bond motifs is 1. The summed E-state index contributed by atoms with van der Waals surface area (Å²) < 4.78 is 5.30. The highest BCUT2D eigenvalue weighted by Crippen LogP contribution is 2.43. The van der Waals surface area contributed by atoms with E-state index >= 15 is 0 Å². The number of carbonyl (C=O) groups is 1. The standard InChI is InChI=1S/C25H30ClN3O2S/c1-5-19-20(17-11-9-16(10-12-17)15(3)4)21-22(27-25(26)28-23(21)32-19)29-13-7-8-18(14-29)24(30)31-6-2/h9-12,15,18H,5-8,13-14H2,1-4H3. The van der Waals surface area contributed by atoms with Gasteiger partial charge in [-0.25, -0.2) is 4.98 Å². The number of esters is 1. The largest absolute Gasteiger partial charge is 0.466 e. The molecule has 4 rings (SSSR count). The Labute approximate surface area is 198 Å². The molecule has 0 amide bonds. The number of nitrogens with zero attached hydrogens (tertiary/aromatic N) is 3. The minimum Gasteiger partial charge on any atom is -0.466 e. The number of benzene rings is 1. The van der Waals surface area contributed by atoms with Gasteiger partial charge in [0.2, 0.25) is 5.28 Å². The van der Waals surface area contributed by atoms with Crippen LogP contribution >= 0.6 is 22.9 Å². The summed E-state index contributed by atoms with van der Waals surface area (Å²) in [6.45, 7) is 10.3. The monoisotopic (exact) mass is 471 g/mol. The van der Waals surface area contributed by atoms with Crippen molar-refractivity contribution in [2.45, 2.75) is 52.9 Å². The molecule has 2 aromatic heterocycles. The maximum atomic E-state index is 12.4. The predicted octanol–water partition coefficient (Wildman–Crippen LogP) is 6.48. The first kappa shape index (κ1) is 23.0. The van der Waals surface area contributed by atoms with E-state index < -0.39 is 0 Å². The third kappa shape index (κ3) is 4.48. The van der Waals surface area contributed by atoms with Gasteiger partial charge in [0.15, 0.2) is 0 Å². The molecule has 1 atom stereocenters. The first-order chi connectivity index (χ1) is 15.4. The van der Waals surface area contributed by atoms with Crippen LogP contribution in [0.1, 0.15) is 56.9 Å². The Kier molecular flexibility index (Phi) is 7.01. The second-order valence-electron chi connectivity index (χ2n) is 8.56. The van der Waals surface area contributed by atoms with E-state index in [2.05, 4.69) is 59.9 Å². The molecule has 1 aliphatic rings. The third-order valence-corrected chi connectivity index (χ3v) is 7.50. The molecule has 0 N–H and O–H groups in total. The molecule has 3 heterocycles. The normalized spacial score (nSPS) is 16.7. The number of rotatable bonds is 6. The van der Waals surface area contributed by atoms with Crippen LogP contribution in [-0.2, 0) is 16.0 Å². The number of hydrogen-bond acceptors (Lipinski definition) is 6. The zero-order chi connectivity index (χ0) is 22.8. The fraction of sp³-hybridized carbons (Fsp3) is 0.480. The van der Waals surface area contributed by atoms with Crippen LogP contribution in [0.5, 0.6) is 0 Å². The van der Waals surface area contributed by atoms with E-state index in [-0.39, 0.29) is 17.2 Å². The van der Waals surface area contributed by atoms with E-state index in [1.54, 1.807) is 11.3 Å². The summed E-state index contributed by atoms with van der Waals surface area (Å²) in [6, 6.07) is 8.81. The van der Waals surface area contributed by atoms with Crippen molar-refractivity contribution in [2.75, 3.05) is 24.6 Å². The number of aromatic nitrogens is 2. The van der Waals surface area contributed by atoms with Gasteiger partial charge in [0.05, 0.1) is 17.9 Å². The minimum atomic E-state index is -0.148. The predicted molar refractivity (Wildman–Crippen MR) is 133 cm³/mol. The van der Waals surface area contributed by atoms with Crippen molar-refractivity contribution >= 4 is 44.9 Å². The molecule has 7 heteroatoms. The molecule has 0 aliphatic carbocycles. The quantitative estimate of drug-likeness (QED) is 0.304. The van der Waals surface area contributed by atoms with Gasteiger partial charge in [0.25, 0.3) is 0 Å². The lowest BCUT2D eigenvalue weighted by Gasteiger charge is -2.33. The Balaban J connectivity index is 1.83. The van der Waals surface area contributed by atoms with E-state index in [9.17, 15) is 4.79 Å². The van der Waals surface area contributed by atoms with E-state index in [0.29, 0.717) is 19.1 Å². The zero-order valence-electron chi connectivity index (χ0n) is 19.2. The summed E-state index contributed by atoms with van der Waals surface area (Å²) in [5, 5.41) is 1.29. The summed E-state index contributed by atoms with van der Waals surface area (Å²) in [4.78, 5) is 26.0. The summed E-state index contributed by atoms with van der Waals surface area (Å²) in [5.74, 6) is 1.04. The van der Waals surface area contributed by atoms with Crippen molar-refractivity contribution in [1.29, 1.82) is 0 Å². The molecular formula is C25H30ClN3O2S. The molecule has 1 fully saturated rings. The molecule has 0 radical (unpaired) electrons. The number of ether oxygens (including phenoxy) is 1. The van der Waals surface area contributed by atoms with Gasteiger partial charge in [-0.2, -0.15) is 4.98 Å². The number of anilines is 1. The summed E-state index contributed by atoms with van der Waals surface area (Å²) in [5.41, 5.74) is 3.68. The average molecular weight is 472 g/mol. The molecule has 1 aromatic carbocycles. The Morgan fingerprint density at radius 2 is 2.00 bits per heavy atom. The Morgan fingerprint density at radius 1 is 1.25 bits per heavy atom. The van der Waals surface area contributed by atoms with E-state index in [0.717, 1.165) is 41.8 Å². The Hall–Kier alpha value is -2.18. The highest BCUT2D eigenvalue weighted by molar-refractivity contribution is 7.19. The lowest BCUT2D eigenvalue weighted by Crippen LogP contribution is -2.40. The molecule has 1 saturated heterocycles. The number of hydrogen-bond donors (Lipinski definition) is 0. The van der Waals surface area contributed by atoms with Crippen LogP contribution in [0.25, 0.3) is 21.3 Å². The maximum Gasteiger partial charge on any atom is 0.310 e. The van der Waals surface area contributed by atoms with Crippen molar-refractivity contribution in [2.24, 2.45) is 5.92 Å². The maximum absolute atomic E-state index is 12.4. The number of piperidine rings is 1. The molecule has 0 bridgehead atoms. The van der Waals surface area contributed by atoms with Gasteiger partial charge in [0.1, 0.15) is 10.6 Å². The molecule has 3 aromatic rings. The van der Waals surface area contributed by atoms with E-state index in [1.807, 2.05) is 6.92 Å². The van der Waals surface area contributed by atoms with Gasteiger partial charge in [-0.15, -0.1) is 11.3 Å². The minimum absolute atomic E-state index is 0.127. The van der Waals surface area contributed by atoms with Gasteiger partial charge >= 0.3 is 5.97 Å². The van der Waals surface area contributed by atoms with Crippen LogP contribution in [0.3, 0.4) is 0 Å². The van der Waals surface area contributed by atoms with Crippen LogP contribution in [0, 0.1) is 5.92 Å². The van der Waals surface area contributed by atoms with Crippen LogP contribution in [0.15, 0.2) is 24.3 Å². The van der Waals surface area contributed by atoms with Crippen LogP contribution < -0.4 is 4.90 Å². The number of halogens is 1. The van der Waals surface area contributed by atoms with Crippen molar-refractivity contribution < 1.29 is 9.53 Å². The molecule has 1 unspecified atom stereocenters. The smallest absolute Gasteiger partial charge is 0.310 e. The molecule has 0 spiro atoms.